The van der Waals surface area contributed by atoms with Gasteiger partial charge in [0.05, 0.1) is 0 Å². The van der Waals surface area contributed by atoms with Crippen LogP contribution in [-0.2, 0) is 4.57 Å². The molecule has 17 heavy (non-hydrogen) atoms. The van der Waals surface area contributed by atoms with Crippen molar-refractivity contribution in [1.29, 1.82) is 0 Å². The molecule has 0 atom stereocenters. The van der Waals surface area contributed by atoms with E-state index in [9.17, 15) is 4.57 Å². The van der Waals surface area contributed by atoms with Crippen molar-refractivity contribution in [3.63, 3.8) is 0 Å². The monoisotopic (exact) mass is 290 g/mol. The molecule has 100 valence electrons. The van der Waals surface area contributed by atoms with Crippen LogP contribution in [-0.4, -0.2) is 67.3 Å². The molecule has 0 amide bonds. The van der Waals surface area contributed by atoms with E-state index < -0.39 is 7.60 Å². The zero-order chi connectivity index (χ0) is 12.3. The third-order valence-corrected chi connectivity index (χ3v) is 3.70. The summed E-state index contributed by atoms with van der Waals surface area (Å²) < 4.78 is 10.6. The first-order chi connectivity index (χ1) is 7.56. The quantitative estimate of drug-likeness (QED) is 0.348. The van der Waals surface area contributed by atoms with E-state index in [1.54, 1.807) is 0 Å². The molecule has 0 aliphatic heterocycles. The van der Waals surface area contributed by atoms with Crippen molar-refractivity contribution in [3.05, 3.63) is 0 Å². The van der Waals surface area contributed by atoms with E-state index in [1.165, 1.54) is 44.9 Å². The third-order valence-electron chi connectivity index (χ3n) is 2.80. The Kier molecular flexibility index (Phi) is 17.6. The van der Waals surface area contributed by atoms with Crippen LogP contribution in [0.15, 0.2) is 0 Å². The van der Waals surface area contributed by atoms with Gasteiger partial charge < -0.3 is 9.79 Å². The standard InChI is InChI=1S/C12H27O3P.K.H/c1-2-3-4-5-6-7-8-9-10-11-12-16(13,14)15;;/h2-12H2,1H3,(H2,13,14,15);;. The van der Waals surface area contributed by atoms with Crippen molar-refractivity contribution in [2.24, 2.45) is 0 Å². The number of rotatable bonds is 11. The summed E-state index contributed by atoms with van der Waals surface area (Å²) >= 11 is 0. The summed E-state index contributed by atoms with van der Waals surface area (Å²) in [6.45, 7) is 2.22. The molecule has 0 fully saturated rings. The van der Waals surface area contributed by atoms with Gasteiger partial charge in [0, 0.05) is 6.16 Å². The van der Waals surface area contributed by atoms with Crippen LogP contribution < -0.4 is 0 Å². The van der Waals surface area contributed by atoms with Gasteiger partial charge in [-0.15, -0.1) is 0 Å². The fourth-order valence-corrected chi connectivity index (χ4v) is 2.44. The van der Waals surface area contributed by atoms with Gasteiger partial charge in [-0.2, -0.15) is 0 Å². The molecule has 0 unspecified atom stereocenters. The van der Waals surface area contributed by atoms with E-state index >= 15 is 0 Å². The van der Waals surface area contributed by atoms with Crippen LogP contribution in [0.5, 0.6) is 0 Å². The van der Waals surface area contributed by atoms with E-state index in [-0.39, 0.29) is 57.5 Å². The molecule has 0 bridgehead atoms. The van der Waals surface area contributed by atoms with E-state index in [1.807, 2.05) is 0 Å². The second kappa shape index (κ2) is 14.2. The Hall–Kier alpha value is 1.79. The van der Waals surface area contributed by atoms with Crippen LogP contribution in [0.1, 0.15) is 71.1 Å². The fraction of sp³-hybridized carbons (Fsp3) is 1.00. The normalized spacial score (nSPS) is 11.2. The minimum absolute atomic E-state index is 0. The SMILES string of the molecule is CCCCCCCCCCCCP(=O)(O)O.[KH]. The first-order valence-electron chi connectivity index (χ1n) is 6.61. The molecule has 0 aromatic rings. The Bertz CT molecular complexity index is 194. The van der Waals surface area contributed by atoms with Crippen molar-refractivity contribution < 1.29 is 14.4 Å². The average Bonchev–Trinajstić information content (AvgIpc) is 2.19. The summed E-state index contributed by atoms with van der Waals surface area (Å²) in [6, 6.07) is 0. The zero-order valence-corrected chi connectivity index (χ0v) is 11.4. The molecule has 0 radical (unpaired) electrons. The molecule has 0 aliphatic carbocycles. The predicted octanol–water partition coefficient (Wildman–Crippen LogP) is 3.44. The van der Waals surface area contributed by atoms with Gasteiger partial charge in [-0.3, -0.25) is 4.57 Å². The van der Waals surface area contributed by atoms with Crippen LogP contribution in [0.25, 0.3) is 0 Å². The molecule has 5 heteroatoms. The van der Waals surface area contributed by atoms with Gasteiger partial charge in [0.1, 0.15) is 0 Å². The minimum atomic E-state index is -3.74. The van der Waals surface area contributed by atoms with Crippen LogP contribution in [0.3, 0.4) is 0 Å². The van der Waals surface area contributed by atoms with Gasteiger partial charge >= 0.3 is 59.0 Å². The molecule has 0 saturated carbocycles. The molecule has 0 spiro atoms. The summed E-state index contributed by atoms with van der Waals surface area (Å²) in [5, 5.41) is 0. The number of hydrogen-bond donors (Lipinski definition) is 2. The summed E-state index contributed by atoms with van der Waals surface area (Å²) in [4.78, 5) is 17.3. The second-order valence-corrected chi connectivity index (χ2v) is 6.35. The van der Waals surface area contributed by atoms with Crippen molar-refractivity contribution in [1.82, 2.24) is 0 Å². The van der Waals surface area contributed by atoms with Gasteiger partial charge in [-0.25, -0.2) is 0 Å². The molecule has 0 aromatic heterocycles. The molecule has 0 aromatic carbocycles. The Morgan fingerprint density at radius 1 is 0.765 bits per heavy atom. The fourth-order valence-electron chi connectivity index (χ4n) is 1.81. The number of hydrogen-bond acceptors (Lipinski definition) is 1. The molecular weight excluding hydrogens is 262 g/mol. The summed E-state index contributed by atoms with van der Waals surface area (Å²) in [6.07, 6.45) is 12.0. The van der Waals surface area contributed by atoms with E-state index in [4.69, 9.17) is 9.79 Å². The topological polar surface area (TPSA) is 57.5 Å². The maximum absolute atomic E-state index is 10.6. The van der Waals surface area contributed by atoms with E-state index in [2.05, 4.69) is 6.92 Å². The third kappa shape index (κ3) is 20.3. The first-order valence-corrected chi connectivity index (χ1v) is 8.40. The van der Waals surface area contributed by atoms with Gasteiger partial charge in [0.15, 0.2) is 0 Å². The molecule has 0 saturated heterocycles. The van der Waals surface area contributed by atoms with Crippen molar-refractivity contribution in [2.75, 3.05) is 6.16 Å². The van der Waals surface area contributed by atoms with Gasteiger partial charge in [0.2, 0.25) is 0 Å². The molecular formula is C12H28KO3P. The second-order valence-electron chi connectivity index (χ2n) is 4.57. The van der Waals surface area contributed by atoms with Gasteiger partial charge in [0.25, 0.3) is 0 Å². The van der Waals surface area contributed by atoms with Crippen LogP contribution in [0, 0.1) is 0 Å². The summed E-state index contributed by atoms with van der Waals surface area (Å²) in [7, 11) is -3.74. The Labute approximate surface area is 149 Å². The average molecular weight is 290 g/mol. The zero-order valence-electron chi connectivity index (χ0n) is 10.5. The van der Waals surface area contributed by atoms with Crippen LogP contribution in [0.4, 0.5) is 0 Å². The van der Waals surface area contributed by atoms with Crippen LogP contribution in [0.2, 0.25) is 0 Å². The van der Waals surface area contributed by atoms with E-state index in [0.717, 1.165) is 12.8 Å². The van der Waals surface area contributed by atoms with Crippen molar-refractivity contribution >= 4 is 59.0 Å². The Balaban J connectivity index is 0. The molecule has 0 rings (SSSR count). The maximum atomic E-state index is 10.6. The summed E-state index contributed by atoms with van der Waals surface area (Å²) in [5.74, 6) is 0. The Morgan fingerprint density at radius 2 is 1.12 bits per heavy atom. The molecule has 2 N–H and O–H groups in total. The Morgan fingerprint density at radius 3 is 1.47 bits per heavy atom. The van der Waals surface area contributed by atoms with Crippen LogP contribution >= 0.6 is 7.60 Å². The summed E-state index contributed by atoms with van der Waals surface area (Å²) in [5.41, 5.74) is 0. The predicted molar refractivity (Wildman–Crippen MR) is 75.9 cm³/mol. The number of unbranched alkanes of at least 4 members (excludes halogenated alkanes) is 9. The first kappa shape index (κ1) is 21.1. The van der Waals surface area contributed by atoms with Gasteiger partial charge in [-0.1, -0.05) is 64.7 Å². The van der Waals surface area contributed by atoms with Gasteiger partial charge in [-0.05, 0) is 6.42 Å². The van der Waals surface area contributed by atoms with Crippen molar-refractivity contribution in [3.8, 4) is 0 Å². The molecule has 3 nitrogen and oxygen atoms in total. The van der Waals surface area contributed by atoms with Crippen molar-refractivity contribution in [2.45, 2.75) is 71.1 Å². The molecule has 0 aliphatic rings. The molecule has 0 heterocycles. The van der Waals surface area contributed by atoms with E-state index in [0.29, 0.717) is 6.42 Å².